The van der Waals surface area contributed by atoms with E-state index in [2.05, 4.69) is 4.40 Å². The molecule has 0 aliphatic carbocycles. The average Bonchev–Trinajstić information content (AvgIpc) is 1.63. The van der Waals surface area contributed by atoms with Gasteiger partial charge in [0, 0.05) is 5.92 Å². The minimum atomic E-state index is -2.15. The van der Waals surface area contributed by atoms with Crippen LogP contribution in [0.3, 0.4) is 0 Å². The molecule has 5 heteroatoms. The molecule has 0 aromatic heterocycles. The van der Waals surface area contributed by atoms with Crippen molar-refractivity contribution in [3.8, 4) is 0 Å². The molecule has 0 rings (SSSR count). The van der Waals surface area contributed by atoms with Crippen molar-refractivity contribution in [2.24, 2.45) is 16.0 Å². The number of rotatable bonds is 2. The molecule has 0 saturated heterocycles. The Morgan fingerprint density at radius 1 is 1.78 bits per heavy atom. The van der Waals surface area contributed by atoms with Gasteiger partial charge in [-0.05, 0) is 0 Å². The monoisotopic (exact) mass is 150 g/mol. The maximum atomic E-state index is 9.96. The van der Waals surface area contributed by atoms with E-state index in [1.165, 1.54) is 0 Å². The van der Waals surface area contributed by atoms with E-state index < -0.39 is 11.3 Å². The Labute approximate surface area is 56.6 Å². The molecule has 9 heavy (non-hydrogen) atoms. The van der Waals surface area contributed by atoms with Gasteiger partial charge in [-0.15, -0.1) is 4.40 Å². The molecule has 4 nitrogen and oxygen atoms in total. The van der Waals surface area contributed by atoms with Crippen molar-refractivity contribution in [2.45, 2.75) is 13.8 Å². The van der Waals surface area contributed by atoms with E-state index in [0.717, 1.165) is 0 Å². The Morgan fingerprint density at radius 3 is 2.33 bits per heavy atom. The predicted molar refractivity (Wildman–Crippen MR) is 37.2 cm³/mol. The van der Waals surface area contributed by atoms with Gasteiger partial charge >= 0.3 is 0 Å². The lowest BCUT2D eigenvalue weighted by atomic mass is 10.2. The predicted octanol–water partition coefficient (Wildman–Crippen LogP) is 0.136. The Bertz CT molecular complexity index is 144. The van der Waals surface area contributed by atoms with Gasteiger partial charge in [0.25, 0.3) is 11.3 Å². The van der Waals surface area contributed by atoms with Gasteiger partial charge in [-0.3, -0.25) is 4.55 Å². The van der Waals surface area contributed by atoms with Crippen LogP contribution in [0.25, 0.3) is 0 Å². The van der Waals surface area contributed by atoms with Crippen molar-refractivity contribution in [1.82, 2.24) is 0 Å². The molecule has 1 unspecified atom stereocenters. The van der Waals surface area contributed by atoms with Crippen LogP contribution >= 0.6 is 0 Å². The quantitative estimate of drug-likeness (QED) is 0.334. The summed E-state index contributed by atoms with van der Waals surface area (Å²) in [5.74, 6) is 0.233. The van der Waals surface area contributed by atoms with Crippen molar-refractivity contribution < 1.29 is 8.76 Å². The first kappa shape index (κ1) is 8.58. The first-order chi connectivity index (χ1) is 4.04. The molecule has 0 saturated carbocycles. The van der Waals surface area contributed by atoms with Gasteiger partial charge < -0.3 is 5.73 Å². The Kier molecular flexibility index (Phi) is 3.41. The first-order valence-corrected chi connectivity index (χ1v) is 3.55. The SMILES string of the molecule is CC(C)C(N)=NS(=O)O. The zero-order valence-electron chi connectivity index (χ0n) is 5.37. The van der Waals surface area contributed by atoms with E-state index in [-0.39, 0.29) is 11.8 Å². The summed E-state index contributed by atoms with van der Waals surface area (Å²) >= 11 is -2.15. The van der Waals surface area contributed by atoms with Crippen LogP contribution in [-0.4, -0.2) is 14.6 Å². The van der Waals surface area contributed by atoms with Gasteiger partial charge in [0.2, 0.25) is 0 Å². The van der Waals surface area contributed by atoms with Crippen molar-refractivity contribution in [2.75, 3.05) is 0 Å². The van der Waals surface area contributed by atoms with Crippen LogP contribution < -0.4 is 5.73 Å². The molecule has 0 aromatic carbocycles. The lowest BCUT2D eigenvalue weighted by Gasteiger charge is -1.99. The molecule has 3 N–H and O–H groups in total. The summed E-state index contributed by atoms with van der Waals surface area (Å²) in [6.07, 6.45) is 0. The highest BCUT2D eigenvalue weighted by Crippen LogP contribution is 1.91. The van der Waals surface area contributed by atoms with Gasteiger partial charge in [-0.25, -0.2) is 4.21 Å². The van der Waals surface area contributed by atoms with Crippen LogP contribution in [0.4, 0.5) is 0 Å². The fraction of sp³-hybridized carbons (Fsp3) is 0.750. The van der Waals surface area contributed by atoms with Gasteiger partial charge in [-0.1, -0.05) is 13.8 Å². The summed E-state index contributed by atoms with van der Waals surface area (Å²) < 4.78 is 21.3. The smallest absolute Gasteiger partial charge is 0.283 e. The van der Waals surface area contributed by atoms with Crippen LogP contribution in [0, 0.1) is 5.92 Å². The highest BCUT2D eigenvalue weighted by Gasteiger charge is 1.99. The van der Waals surface area contributed by atoms with E-state index in [4.69, 9.17) is 10.3 Å². The molecule has 0 spiro atoms. The number of nitrogens with zero attached hydrogens (tertiary/aromatic N) is 1. The van der Waals surface area contributed by atoms with E-state index in [9.17, 15) is 4.21 Å². The molecular weight excluding hydrogens is 140 g/mol. The van der Waals surface area contributed by atoms with Crippen molar-refractivity contribution in [3.05, 3.63) is 0 Å². The first-order valence-electron chi connectivity index (χ1n) is 2.49. The van der Waals surface area contributed by atoms with E-state index in [1.54, 1.807) is 13.8 Å². The third kappa shape index (κ3) is 4.11. The maximum absolute atomic E-state index is 9.96. The molecule has 0 aliphatic rings. The van der Waals surface area contributed by atoms with Crippen molar-refractivity contribution in [3.63, 3.8) is 0 Å². The van der Waals surface area contributed by atoms with Crippen LogP contribution in [0.5, 0.6) is 0 Å². The molecule has 0 fully saturated rings. The minimum absolute atomic E-state index is 0.0288. The molecule has 0 bridgehead atoms. The maximum Gasteiger partial charge on any atom is 0.283 e. The van der Waals surface area contributed by atoms with Crippen LogP contribution in [0.2, 0.25) is 0 Å². The van der Waals surface area contributed by atoms with E-state index >= 15 is 0 Å². The summed E-state index contributed by atoms with van der Waals surface area (Å²) in [5, 5.41) is 0. The molecule has 0 aliphatic heterocycles. The zero-order chi connectivity index (χ0) is 7.44. The molecule has 0 aromatic rings. The number of amidine groups is 1. The lowest BCUT2D eigenvalue weighted by molar-refractivity contribution is 0.566. The van der Waals surface area contributed by atoms with Crippen LogP contribution in [0.1, 0.15) is 13.8 Å². The minimum Gasteiger partial charge on any atom is -0.386 e. The standard InChI is InChI=1S/C4H10N2O2S/c1-3(2)4(5)6-9(7)8/h3H,1-2H3,(H2,5,6)(H,7,8). The highest BCUT2D eigenvalue weighted by molar-refractivity contribution is 7.78. The van der Waals surface area contributed by atoms with Gasteiger partial charge in [0.15, 0.2) is 0 Å². The zero-order valence-corrected chi connectivity index (χ0v) is 6.18. The van der Waals surface area contributed by atoms with Crippen LogP contribution in [0.15, 0.2) is 4.40 Å². The Morgan fingerprint density at radius 2 is 2.22 bits per heavy atom. The third-order valence-corrected chi connectivity index (χ3v) is 1.14. The fourth-order valence-corrected chi connectivity index (χ4v) is 0.587. The summed E-state index contributed by atoms with van der Waals surface area (Å²) in [7, 11) is 0. The average molecular weight is 150 g/mol. The molecule has 0 amide bonds. The molecule has 0 radical (unpaired) electrons. The van der Waals surface area contributed by atoms with Crippen LogP contribution in [-0.2, 0) is 11.3 Å². The molecular formula is C4H10N2O2S. The lowest BCUT2D eigenvalue weighted by Crippen LogP contribution is -2.19. The Balaban J connectivity index is 4.00. The molecule has 0 heterocycles. The number of hydrogen-bond donors (Lipinski definition) is 2. The fourth-order valence-electron chi connectivity index (χ4n) is 0.196. The van der Waals surface area contributed by atoms with E-state index in [0.29, 0.717) is 0 Å². The van der Waals surface area contributed by atoms with Crippen molar-refractivity contribution in [1.29, 1.82) is 0 Å². The topological polar surface area (TPSA) is 75.7 Å². The number of nitrogens with two attached hydrogens (primary N) is 1. The molecule has 54 valence electrons. The van der Waals surface area contributed by atoms with Gasteiger partial charge in [-0.2, -0.15) is 0 Å². The van der Waals surface area contributed by atoms with Gasteiger partial charge in [0.1, 0.15) is 5.84 Å². The normalized spacial score (nSPS) is 16.2. The van der Waals surface area contributed by atoms with Crippen molar-refractivity contribution >= 4 is 17.1 Å². The summed E-state index contributed by atoms with van der Waals surface area (Å²) in [5.41, 5.74) is 5.21. The largest absolute Gasteiger partial charge is 0.386 e. The second kappa shape index (κ2) is 3.58. The second-order valence-corrected chi connectivity index (χ2v) is 2.55. The third-order valence-electron chi connectivity index (χ3n) is 0.775. The summed E-state index contributed by atoms with van der Waals surface area (Å²) in [6.45, 7) is 3.59. The van der Waals surface area contributed by atoms with Gasteiger partial charge in [0.05, 0.1) is 0 Å². The number of hydrogen-bond acceptors (Lipinski definition) is 1. The van der Waals surface area contributed by atoms with E-state index in [1.807, 2.05) is 0 Å². The second-order valence-electron chi connectivity index (χ2n) is 1.90. The highest BCUT2D eigenvalue weighted by atomic mass is 32.2. The Hall–Kier alpha value is -0.420. The molecule has 1 atom stereocenters. The summed E-state index contributed by atoms with van der Waals surface area (Å²) in [6, 6.07) is 0. The summed E-state index contributed by atoms with van der Waals surface area (Å²) in [4.78, 5) is 0.